The Morgan fingerprint density at radius 1 is 1.39 bits per heavy atom. The molecule has 2 aromatic heterocycles. The highest BCUT2D eigenvalue weighted by molar-refractivity contribution is 5.94. The molecule has 0 aliphatic rings. The Morgan fingerprint density at radius 2 is 2.28 bits per heavy atom. The second-order valence-electron chi connectivity index (χ2n) is 3.72. The van der Waals surface area contributed by atoms with Crippen LogP contribution in [-0.4, -0.2) is 27.2 Å². The summed E-state index contributed by atoms with van der Waals surface area (Å²) in [4.78, 5) is 15.0. The Kier molecular flexibility index (Phi) is 4.01. The van der Waals surface area contributed by atoms with Crippen LogP contribution in [0.15, 0.2) is 36.8 Å². The number of hydrogen-bond acceptors (Lipinski definition) is 3. The van der Waals surface area contributed by atoms with Crippen molar-refractivity contribution in [2.75, 3.05) is 6.54 Å². The van der Waals surface area contributed by atoms with Gasteiger partial charge in [0.05, 0.1) is 5.56 Å². The molecule has 0 spiro atoms. The number of rotatable bonds is 5. The van der Waals surface area contributed by atoms with E-state index in [1.165, 1.54) is 18.3 Å². The molecule has 6 heteroatoms. The van der Waals surface area contributed by atoms with Crippen molar-refractivity contribution in [3.05, 3.63) is 48.3 Å². The zero-order valence-corrected chi connectivity index (χ0v) is 9.71. The number of nitrogens with zero attached hydrogens (tertiary/aromatic N) is 3. The second-order valence-corrected chi connectivity index (χ2v) is 3.72. The van der Waals surface area contributed by atoms with Crippen LogP contribution in [0.1, 0.15) is 16.8 Å². The summed E-state index contributed by atoms with van der Waals surface area (Å²) in [5.74, 6) is -1.19. The average Bonchev–Trinajstić information content (AvgIpc) is 2.88. The molecule has 0 bridgehead atoms. The molecule has 5 nitrogen and oxygen atoms in total. The number of nitrogens with one attached hydrogen (secondary N) is 1. The molecule has 0 atom stereocenters. The summed E-state index contributed by atoms with van der Waals surface area (Å²) in [6, 6.07) is 4.77. The molecule has 2 heterocycles. The zero-order valence-electron chi connectivity index (χ0n) is 9.71. The maximum atomic E-state index is 13.2. The van der Waals surface area contributed by atoms with Gasteiger partial charge in [-0.25, -0.2) is 4.98 Å². The van der Waals surface area contributed by atoms with Gasteiger partial charge in [-0.15, -0.1) is 0 Å². The molecule has 0 radical (unpaired) electrons. The van der Waals surface area contributed by atoms with Crippen molar-refractivity contribution in [3.63, 3.8) is 0 Å². The topological polar surface area (TPSA) is 59.8 Å². The molecule has 18 heavy (non-hydrogen) atoms. The molecule has 1 amide bonds. The Labute approximate surface area is 104 Å². The quantitative estimate of drug-likeness (QED) is 0.639. The lowest BCUT2D eigenvalue weighted by Gasteiger charge is -2.05. The molecule has 2 aromatic rings. The van der Waals surface area contributed by atoms with E-state index in [1.807, 2.05) is 12.3 Å². The number of carbonyl (C=O) groups is 1. The Bertz CT molecular complexity index is 513. The van der Waals surface area contributed by atoms with Crippen molar-refractivity contribution in [2.45, 2.75) is 13.0 Å². The number of aryl methyl sites for hydroxylation is 1. The molecule has 0 aliphatic carbocycles. The third kappa shape index (κ3) is 3.13. The molecule has 2 rings (SSSR count). The molecule has 1 N–H and O–H groups in total. The minimum absolute atomic E-state index is 0.0309. The lowest BCUT2D eigenvalue weighted by Crippen LogP contribution is -2.26. The van der Waals surface area contributed by atoms with E-state index in [9.17, 15) is 9.18 Å². The monoisotopic (exact) mass is 248 g/mol. The van der Waals surface area contributed by atoms with Crippen LogP contribution in [0.4, 0.5) is 4.39 Å². The predicted octanol–water partition coefficient (Wildman–Crippen LogP) is 1.24. The van der Waals surface area contributed by atoms with Crippen LogP contribution >= 0.6 is 0 Å². The molecular formula is C12H13FN4O. The fourth-order valence-electron chi connectivity index (χ4n) is 1.53. The van der Waals surface area contributed by atoms with Gasteiger partial charge in [0.25, 0.3) is 5.91 Å². The third-order valence-electron chi connectivity index (χ3n) is 2.41. The number of halogens is 1. The molecule has 0 fully saturated rings. The van der Waals surface area contributed by atoms with Gasteiger partial charge in [0.1, 0.15) is 0 Å². The zero-order chi connectivity index (χ0) is 12.8. The van der Waals surface area contributed by atoms with Gasteiger partial charge in [-0.05, 0) is 24.6 Å². The first-order valence-electron chi connectivity index (χ1n) is 5.63. The molecule has 0 aliphatic heterocycles. The van der Waals surface area contributed by atoms with E-state index in [2.05, 4.69) is 15.4 Å². The summed E-state index contributed by atoms with van der Waals surface area (Å²) in [5.41, 5.74) is -0.0309. The molecule has 94 valence electrons. The van der Waals surface area contributed by atoms with E-state index >= 15 is 0 Å². The normalized spacial score (nSPS) is 10.3. The second kappa shape index (κ2) is 5.90. The summed E-state index contributed by atoms with van der Waals surface area (Å²) >= 11 is 0. The van der Waals surface area contributed by atoms with Gasteiger partial charge in [-0.1, -0.05) is 0 Å². The Balaban J connectivity index is 1.77. The molecule has 0 saturated heterocycles. The van der Waals surface area contributed by atoms with Crippen molar-refractivity contribution in [1.29, 1.82) is 0 Å². The third-order valence-corrected chi connectivity index (χ3v) is 2.41. The first kappa shape index (κ1) is 12.2. The minimum Gasteiger partial charge on any atom is -0.352 e. The SMILES string of the molecule is O=C(NCCCn1cccn1)c1cccnc1F. The van der Waals surface area contributed by atoms with E-state index < -0.39 is 11.9 Å². The van der Waals surface area contributed by atoms with Gasteiger partial charge in [0.2, 0.25) is 5.95 Å². The van der Waals surface area contributed by atoms with Gasteiger partial charge >= 0.3 is 0 Å². The van der Waals surface area contributed by atoms with E-state index in [0.29, 0.717) is 13.1 Å². The van der Waals surface area contributed by atoms with Crippen molar-refractivity contribution in [2.24, 2.45) is 0 Å². The largest absolute Gasteiger partial charge is 0.352 e. The van der Waals surface area contributed by atoms with E-state index in [4.69, 9.17) is 0 Å². The van der Waals surface area contributed by atoms with Crippen LogP contribution in [0.5, 0.6) is 0 Å². The number of pyridine rings is 1. The summed E-state index contributed by atoms with van der Waals surface area (Å²) in [6.45, 7) is 1.18. The number of carbonyl (C=O) groups excluding carboxylic acids is 1. The summed E-state index contributed by atoms with van der Waals surface area (Å²) < 4.78 is 15.0. The number of hydrogen-bond donors (Lipinski definition) is 1. The standard InChI is InChI=1S/C12H13FN4O/c13-11-10(4-1-5-14-11)12(18)15-6-2-8-17-9-3-7-16-17/h1,3-5,7,9H,2,6,8H2,(H,15,18). The van der Waals surface area contributed by atoms with Crippen LogP contribution in [-0.2, 0) is 6.54 Å². The van der Waals surface area contributed by atoms with Gasteiger partial charge in [-0.3, -0.25) is 9.48 Å². The number of amides is 1. The van der Waals surface area contributed by atoms with E-state index in [0.717, 1.165) is 6.42 Å². The first-order chi connectivity index (χ1) is 8.77. The molecule has 0 saturated carbocycles. The molecule has 0 unspecified atom stereocenters. The highest BCUT2D eigenvalue weighted by Gasteiger charge is 2.10. The van der Waals surface area contributed by atoms with Crippen LogP contribution < -0.4 is 5.32 Å². The van der Waals surface area contributed by atoms with Crippen LogP contribution in [0.25, 0.3) is 0 Å². The van der Waals surface area contributed by atoms with Crippen molar-refractivity contribution >= 4 is 5.91 Å². The predicted molar refractivity (Wildman–Crippen MR) is 63.4 cm³/mol. The summed E-state index contributed by atoms with van der Waals surface area (Å²) in [7, 11) is 0. The fraction of sp³-hybridized carbons (Fsp3) is 0.250. The lowest BCUT2D eigenvalue weighted by molar-refractivity contribution is 0.0947. The van der Waals surface area contributed by atoms with Crippen LogP contribution in [0.3, 0.4) is 0 Å². The molecule has 0 aromatic carbocycles. The highest BCUT2D eigenvalue weighted by atomic mass is 19.1. The molecular weight excluding hydrogens is 235 g/mol. The maximum Gasteiger partial charge on any atom is 0.255 e. The van der Waals surface area contributed by atoms with Gasteiger partial charge in [-0.2, -0.15) is 9.49 Å². The van der Waals surface area contributed by atoms with Crippen molar-refractivity contribution < 1.29 is 9.18 Å². The lowest BCUT2D eigenvalue weighted by atomic mass is 10.2. The Hall–Kier alpha value is -2.24. The fourth-order valence-corrected chi connectivity index (χ4v) is 1.53. The van der Waals surface area contributed by atoms with Gasteiger partial charge in [0, 0.05) is 31.7 Å². The smallest absolute Gasteiger partial charge is 0.255 e. The number of aromatic nitrogens is 3. The average molecular weight is 248 g/mol. The maximum absolute atomic E-state index is 13.2. The first-order valence-corrected chi connectivity index (χ1v) is 5.63. The van der Waals surface area contributed by atoms with Crippen molar-refractivity contribution in [3.8, 4) is 0 Å². The van der Waals surface area contributed by atoms with Crippen LogP contribution in [0, 0.1) is 5.95 Å². The minimum atomic E-state index is -0.748. The van der Waals surface area contributed by atoms with Crippen molar-refractivity contribution in [1.82, 2.24) is 20.1 Å². The Morgan fingerprint density at radius 3 is 3.00 bits per heavy atom. The summed E-state index contributed by atoms with van der Waals surface area (Å²) in [6.07, 6.45) is 5.59. The van der Waals surface area contributed by atoms with Gasteiger partial charge in [0.15, 0.2) is 0 Å². The van der Waals surface area contributed by atoms with E-state index in [-0.39, 0.29) is 5.56 Å². The van der Waals surface area contributed by atoms with E-state index in [1.54, 1.807) is 10.9 Å². The highest BCUT2D eigenvalue weighted by Crippen LogP contribution is 2.02. The van der Waals surface area contributed by atoms with Gasteiger partial charge < -0.3 is 5.32 Å². The summed E-state index contributed by atoms with van der Waals surface area (Å²) in [5, 5.41) is 6.68. The van der Waals surface area contributed by atoms with Crippen LogP contribution in [0.2, 0.25) is 0 Å².